The van der Waals surface area contributed by atoms with Crippen LogP contribution in [0.2, 0.25) is 0 Å². The van der Waals surface area contributed by atoms with Crippen molar-refractivity contribution in [3.8, 4) is 10.6 Å². The number of anilines is 3. The molecule has 30 heavy (non-hydrogen) atoms. The van der Waals surface area contributed by atoms with Crippen molar-refractivity contribution in [3.63, 3.8) is 0 Å². The number of rotatable bonds is 4. The smallest absolute Gasteiger partial charge is 0.277 e. The number of piperazine rings is 1. The van der Waals surface area contributed by atoms with Crippen LogP contribution in [0.5, 0.6) is 0 Å². The summed E-state index contributed by atoms with van der Waals surface area (Å²) >= 11 is 0.814. The molecule has 1 aliphatic rings. The normalized spacial score (nSPS) is 14.0. The Bertz CT molecular complexity index is 1120. The van der Waals surface area contributed by atoms with Crippen molar-refractivity contribution in [2.45, 2.75) is 0 Å². The third-order valence-electron chi connectivity index (χ3n) is 4.54. The molecule has 156 valence electrons. The number of benzene rings is 1. The molecule has 0 aliphatic carbocycles. The summed E-state index contributed by atoms with van der Waals surface area (Å²) in [7, 11) is 1.69. The molecule has 0 spiro atoms. The molecule has 3 heterocycles. The van der Waals surface area contributed by atoms with E-state index in [-0.39, 0.29) is 33.7 Å². The number of carbonyl (C=O) groups excluding carboxylic acids is 2. The standard InChI is InChI=1S/C18H17F2N7O2S/c1-26-18(27-6-5-22-12(28)8-27)11(7-23-26)24-16(29)14-15(21)30-17(25-14)13-9(19)3-2-4-10(13)20/h2-4,7H,5-6,8,21H2,1H3,(H,22,28)(H,24,29). The molecule has 0 atom stereocenters. The van der Waals surface area contributed by atoms with Crippen molar-refractivity contribution < 1.29 is 18.4 Å². The number of amides is 2. The summed E-state index contributed by atoms with van der Waals surface area (Å²) in [4.78, 5) is 30.3. The van der Waals surface area contributed by atoms with E-state index in [2.05, 4.69) is 20.7 Å². The summed E-state index contributed by atoms with van der Waals surface area (Å²) in [5, 5.41) is 9.53. The minimum Gasteiger partial charge on any atom is -0.389 e. The molecule has 12 heteroatoms. The number of nitrogens with zero attached hydrogens (tertiary/aromatic N) is 4. The molecule has 1 saturated heterocycles. The van der Waals surface area contributed by atoms with Crippen molar-refractivity contribution >= 4 is 39.7 Å². The van der Waals surface area contributed by atoms with E-state index in [4.69, 9.17) is 5.73 Å². The number of hydrogen-bond donors (Lipinski definition) is 3. The van der Waals surface area contributed by atoms with E-state index in [0.717, 1.165) is 23.5 Å². The number of aryl methyl sites for hydroxylation is 1. The van der Waals surface area contributed by atoms with E-state index in [0.29, 0.717) is 24.6 Å². The lowest BCUT2D eigenvalue weighted by molar-refractivity contribution is -0.120. The summed E-state index contributed by atoms with van der Waals surface area (Å²) in [6, 6.07) is 3.45. The molecular formula is C18H17F2N7O2S. The van der Waals surface area contributed by atoms with Gasteiger partial charge in [0.25, 0.3) is 5.91 Å². The van der Waals surface area contributed by atoms with Crippen molar-refractivity contribution in [1.29, 1.82) is 0 Å². The zero-order valence-electron chi connectivity index (χ0n) is 15.8. The molecule has 1 aliphatic heterocycles. The van der Waals surface area contributed by atoms with Crippen LogP contribution in [0.3, 0.4) is 0 Å². The predicted octanol–water partition coefficient (Wildman–Crippen LogP) is 1.59. The Kier molecular flexibility index (Phi) is 5.08. The first-order chi connectivity index (χ1) is 14.3. The van der Waals surface area contributed by atoms with E-state index in [1.807, 2.05) is 0 Å². The fraction of sp³-hybridized carbons (Fsp3) is 0.222. The summed E-state index contributed by atoms with van der Waals surface area (Å²) in [6.07, 6.45) is 1.44. The Balaban J connectivity index is 1.62. The summed E-state index contributed by atoms with van der Waals surface area (Å²) < 4.78 is 29.6. The largest absolute Gasteiger partial charge is 0.389 e. The molecule has 1 aromatic carbocycles. The lowest BCUT2D eigenvalue weighted by atomic mass is 10.2. The van der Waals surface area contributed by atoms with Gasteiger partial charge in [0.15, 0.2) is 11.5 Å². The van der Waals surface area contributed by atoms with E-state index >= 15 is 0 Å². The van der Waals surface area contributed by atoms with Gasteiger partial charge in [0.05, 0.1) is 18.3 Å². The van der Waals surface area contributed by atoms with E-state index in [9.17, 15) is 18.4 Å². The van der Waals surface area contributed by atoms with Crippen LogP contribution >= 0.6 is 11.3 Å². The average molecular weight is 433 g/mol. The van der Waals surface area contributed by atoms with Gasteiger partial charge in [-0.2, -0.15) is 5.10 Å². The number of halogens is 2. The van der Waals surface area contributed by atoms with Crippen LogP contribution in [0, 0.1) is 11.6 Å². The van der Waals surface area contributed by atoms with Crippen LogP contribution in [0.1, 0.15) is 10.5 Å². The average Bonchev–Trinajstić information content (AvgIpc) is 3.24. The van der Waals surface area contributed by atoms with Gasteiger partial charge >= 0.3 is 0 Å². The Morgan fingerprint density at radius 3 is 2.77 bits per heavy atom. The molecule has 1 fully saturated rings. The maximum absolute atomic E-state index is 14.1. The Morgan fingerprint density at radius 1 is 1.33 bits per heavy atom. The zero-order chi connectivity index (χ0) is 21.4. The van der Waals surface area contributed by atoms with Crippen LogP contribution in [-0.4, -0.2) is 46.2 Å². The number of nitrogens with two attached hydrogens (primary N) is 1. The van der Waals surface area contributed by atoms with Gasteiger partial charge in [0, 0.05) is 20.1 Å². The van der Waals surface area contributed by atoms with Crippen LogP contribution in [-0.2, 0) is 11.8 Å². The highest BCUT2D eigenvalue weighted by molar-refractivity contribution is 7.19. The second-order valence-electron chi connectivity index (χ2n) is 6.56. The van der Waals surface area contributed by atoms with Crippen LogP contribution in [0.25, 0.3) is 10.6 Å². The lowest BCUT2D eigenvalue weighted by Crippen LogP contribution is -2.48. The molecule has 4 N–H and O–H groups in total. The fourth-order valence-corrected chi connectivity index (χ4v) is 4.08. The summed E-state index contributed by atoms with van der Waals surface area (Å²) in [5.74, 6) is -1.84. The molecule has 9 nitrogen and oxygen atoms in total. The van der Waals surface area contributed by atoms with Crippen LogP contribution < -0.4 is 21.3 Å². The van der Waals surface area contributed by atoms with Crippen LogP contribution in [0.15, 0.2) is 24.4 Å². The van der Waals surface area contributed by atoms with Crippen molar-refractivity contribution in [3.05, 3.63) is 41.7 Å². The van der Waals surface area contributed by atoms with Gasteiger partial charge in [0.1, 0.15) is 27.3 Å². The van der Waals surface area contributed by atoms with E-state index in [1.165, 1.54) is 12.3 Å². The second-order valence-corrected chi connectivity index (χ2v) is 7.59. The SMILES string of the molecule is Cn1ncc(NC(=O)c2nc(-c3c(F)cccc3F)sc2N)c1N1CCNC(=O)C1. The number of nitrogens with one attached hydrogen (secondary N) is 2. The minimum atomic E-state index is -0.798. The maximum Gasteiger partial charge on any atom is 0.277 e. The maximum atomic E-state index is 14.1. The zero-order valence-corrected chi connectivity index (χ0v) is 16.6. The third-order valence-corrected chi connectivity index (χ3v) is 5.44. The van der Waals surface area contributed by atoms with Crippen molar-refractivity contribution in [2.75, 3.05) is 35.6 Å². The Hall–Kier alpha value is -3.54. The molecule has 2 aromatic heterocycles. The van der Waals surface area contributed by atoms with Crippen molar-refractivity contribution in [2.24, 2.45) is 7.05 Å². The summed E-state index contributed by atoms with van der Waals surface area (Å²) in [6.45, 7) is 1.13. The number of thiazole rings is 1. The van der Waals surface area contributed by atoms with E-state index < -0.39 is 17.5 Å². The summed E-state index contributed by atoms with van der Waals surface area (Å²) in [5.41, 5.74) is 5.78. The van der Waals surface area contributed by atoms with Gasteiger partial charge in [-0.25, -0.2) is 13.8 Å². The topological polar surface area (TPSA) is 118 Å². The third kappa shape index (κ3) is 3.56. The molecule has 0 saturated carbocycles. The first kappa shape index (κ1) is 19.8. The highest BCUT2D eigenvalue weighted by atomic mass is 32.1. The van der Waals surface area contributed by atoms with E-state index in [1.54, 1.807) is 16.6 Å². The molecule has 0 radical (unpaired) electrons. The van der Waals surface area contributed by atoms with Gasteiger partial charge in [-0.05, 0) is 12.1 Å². The molecule has 0 unspecified atom stereocenters. The molecule has 3 aromatic rings. The second kappa shape index (κ2) is 7.71. The lowest BCUT2D eigenvalue weighted by Gasteiger charge is -2.29. The number of nitrogen functional groups attached to an aromatic ring is 1. The number of hydrogen-bond acceptors (Lipinski definition) is 7. The molecule has 2 amide bonds. The monoisotopic (exact) mass is 433 g/mol. The highest BCUT2D eigenvalue weighted by Crippen LogP contribution is 2.34. The highest BCUT2D eigenvalue weighted by Gasteiger charge is 2.26. The molecule has 0 bridgehead atoms. The first-order valence-corrected chi connectivity index (χ1v) is 9.72. The quantitative estimate of drug-likeness (QED) is 0.575. The Labute approximate surface area is 173 Å². The van der Waals surface area contributed by atoms with Gasteiger partial charge < -0.3 is 21.3 Å². The van der Waals surface area contributed by atoms with Gasteiger partial charge in [-0.1, -0.05) is 17.4 Å². The molecule has 4 rings (SSSR count). The van der Waals surface area contributed by atoms with Crippen LogP contribution in [0.4, 0.5) is 25.3 Å². The number of carbonyl (C=O) groups is 2. The fourth-order valence-electron chi connectivity index (χ4n) is 3.20. The number of aromatic nitrogens is 3. The van der Waals surface area contributed by atoms with Gasteiger partial charge in [-0.3, -0.25) is 14.3 Å². The van der Waals surface area contributed by atoms with Crippen molar-refractivity contribution in [1.82, 2.24) is 20.1 Å². The van der Waals surface area contributed by atoms with Gasteiger partial charge in [-0.15, -0.1) is 0 Å². The Morgan fingerprint density at radius 2 is 2.07 bits per heavy atom. The first-order valence-electron chi connectivity index (χ1n) is 8.91. The predicted molar refractivity (Wildman–Crippen MR) is 108 cm³/mol. The molecular weight excluding hydrogens is 416 g/mol. The van der Waals surface area contributed by atoms with Gasteiger partial charge in [0.2, 0.25) is 5.91 Å². The minimum absolute atomic E-state index is 0.0212.